The van der Waals surface area contributed by atoms with Gasteiger partial charge in [-0.2, -0.15) is 0 Å². The predicted molar refractivity (Wildman–Crippen MR) is 78.2 cm³/mol. The molecule has 8 heteroatoms. The Morgan fingerprint density at radius 3 is 2.67 bits per heavy atom. The van der Waals surface area contributed by atoms with Crippen LogP contribution in [0.25, 0.3) is 0 Å². The quantitative estimate of drug-likeness (QED) is 0.670. The molecule has 0 fully saturated rings. The summed E-state index contributed by atoms with van der Waals surface area (Å²) >= 11 is 5.69. The van der Waals surface area contributed by atoms with Crippen LogP contribution in [0.2, 0.25) is 5.02 Å². The third-order valence-corrected chi connectivity index (χ3v) is 2.92. The van der Waals surface area contributed by atoms with Gasteiger partial charge in [0.05, 0.1) is 4.92 Å². The summed E-state index contributed by atoms with van der Waals surface area (Å²) in [5, 5.41) is 15.9. The van der Waals surface area contributed by atoms with Gasteiger partial charge in [0.25, 0.3) is 5.69 Å². The second kappa shape index (κ2) is 6.67. The molecule has 21 heavy (non-hydrogen) atoms. The number of nitro groups is 1. The molecule has 0 aliphatic rings. The number of rotatable bonds is 4. The molecule has 0 saturated heterocycles. The lowest BCUT2D eigenvalue weighted by molar-refractivity contribution is -0.384. The molecule has 7 nitrogen and oxygen atoms in total. The second-order valence-electron chi connectivity index (χ2n) is 4.09. The molecule has 2 rings (SSSR count). The van der Waals surface area contributed by atoms with Crippen LogP contribution in [0, 0.1) is 10.1 Å². The fourth-order valence-corrected chi connectivity index (χ4v) is 1.78. The molecular weight excluding hydrogens is 296 g/mol. The lowest BCUT2D eigenvalue weighted by atomic mass is 10.2. The Balaban J connectivity index is 1.97. The third-order valence-electron chi connectivity index (χ3n) is 2.60. The number of aromatic nitrogens is 1. The van der Waals surface area contributed by atoms with Crippen LogP contribution >= 0.6 is 11.6 Å². The zero-order chi connectivity index (χ0) is 15.2. The Hall–Kier alpha value is -2.67. The first-order chi connectivity index (χ1) is 10.1. The molecule has 0 atom stereocenters. The van der Waals surface area contributed by atoms with E-state index in [1.165, 1.54) is 18.2 Å². The van der Waals surface area contributed by atoms with Crippen LogP contribution in [0.4, 0.5) is 16.2 Å². The van der Waals surface area contributed by atoms with Gasteiger partial charge in [-0.1, -0.05) is 11.6 Å². The molecule has 1 aromatic heterocycles. The lowest BCUT2D eigenvalue weighted by Crippen LogP contribution is -2.28. The number of nitro benzene ring substituents is 1. The van der Waals surface area contributed by atoms with E-state index in [1.54, 1.807) is 24.5 Å². The number of urea groups is 1. The smallest absolute Gasteiger partial charge is 0.319 e. The highest BCUT2D eigenvalue weighted by Gasteiger charge is 2.13. The van der Waals surface area contributed by atoms with E-state index in [-0.39, 0.29) is 10.7 Å². The van der Waals surface area contributed by atoms with Crippen molar-refractivity contribution in [2.75, 3.05) is 5.32 Å². The highest BCUT2D eigenvalue weighted by molar-refractivity contribution is 6.32. The number of hydrogen-bond acceptors (Lipinski definition) is 4. The number of carbonyl (C=O) groups is 1. The van der Waals surface area contributed by atoms with Crippen molar-refractivity contribution in [2.24, 2.45) is 0 Å². The molecule has 2 N–H and O–H groups in total. The van der Waals surface area contributed by atoms with E-state index < -0.39 is 11.0 Å². The summed E-state index contributed by atoms with van der Waals surface area (Å²) in [5.41, 5.74) is 0.921. The Morgan fingerprint density at radius 2 is 2.00 bits per heavy atom. The van der Waals surface area contributed by atoms with Crippen molar-refractivity contribution >= 4 is 29.0 Å². The molecule has 0 radical (unpaired) electrons. The fourth-order valence-electron chi connectivity index (χ4n) is 1.59. The van der Waals surface area contributed by atoms with Gasteiger partial charge >= 0.3 is 6.03 Å². The molecule has 0 bridgehead atoms. The van der Waals surface area contributed by atoms with Crippen LogP contribution in [-0.2, 0) is 6.54 Å². The largest absolute Gasteiger partial charge is 0.334 e. The van der Waals surface area contributed by atoms with Crippen LogP contribution in [0.1, 0.15) is 5.56 Å². The maximum Gasteiger partial charge on any atom is 0.319 e. The van der Waals surface area contributed by atoms with E-state index in [9.17, 15) is 14.9 Å². The van der Waals surface area contributed by atoms with E-state index in [0.717, 1.165) is 5.56 Å². The second-order valence-corrected chi connectivity index (χ2v) is 4.49. The summed E-state index contributed by atoms with van der Waals surface area (Å²) in [4.78, 5) is 25.7. The first kappa shape index (κ1) is 14.7. The van der Waals surface area contributed by atoms with Crippen LogP contribution in [0.3, 0.4) is 0 Å². The number of nitrogens with zero attached hydrogens (tertiary/aromatic N) is 2. The average molecular weight is 307 g/mol. The van der Waals surface area contributed by atoms with Gasteiger partial charge in [0, 0.05) is 30.7 Å². The van der Waals surface area contributed by atoms with E-state index in [0.29, 0.717) is 12.2 Å². The van der Waals surface area contributed by atoms with Crippen LogP contribution in [-0.4, -0.2) is 15.9 Å². The molecule has 108 valence electrons. The van der Waals surface area contributed by atoms with E-state index >= 15 is 0 Å². The lowest BCUT2D eigenvalue weighted by Gasteiger charge is -2.07. The summed E-state index contributed by atoms with van der Waals surface area (Å²) < 4.78 is 0. The minimum atomic E-state index is -0.609. The summed E-state index contributed by atoms with van der Waals surface area (Å²) in [6.07, 6.45) is 3.24. The number of pyridine rings is 1. The van der Waals surface area contributed by atoms with Crippen LogP contribution < -0.4 is 10.6 Å². The monoisotopic (exact) mass is 306 g/mol. The molecule has 2 amide bonds. The zero-order valence-corrected chi connectivity index (χ0v) is 11.5. The molecule has 0 saturated carbocycles. The van der Waals surface area contributed by atoms with Gasteiger partial charge in [0.1, 0.15) is 5.02 Å². The molecule has 0 spiro atoms. The molecule has 1 heterocycles. The average Bonchev–Trinajstić information content (AvgIpc) is 2.48. The zero-order valence-electron chi connectivity index (χ0n) is 10.7. The van der Waals surface area contributed by atoms with Crippen molar-refractivity contribution in [3.63, 3.8) is 0 Å². The summed E-state index contributed by atoms with van der Waals surface area (Å²) in [6, 6.07) is 7.12. The third kappa shape index (κ3) is 4.15. The van der Waals surface area contributed by atoms with Gasteiger partial charge in [0.2, 0.25) is 0 Å². The summed E-state index contributed by atoms with van der Waals surface area (Å²) in [7, 11) is 0. The van der Waals surface area contributed by atoms with Crippen molar-refractivity contribution < 1.29 is 9.72 Å². The van der Waals surface area contributed by atoms with Crippen LogP contribution in [0.15, 0.2) is 42.7 Å². The number of nitrogens with one attached hydrogen (secondary N) is 2. The first-order valence-electron chi connectivity index (χ1n) is 5.94. The molecule has 0 aliphatic heterocycles. The topological polar surface area (TPSA) is 97.2 Å². The molecule has 2 aromatic rings. The number of halogens is 1. The minimum Gasteiger partial charge on any atom is -0.334 e. The van der Waals surface area contributed by atoms with Gasteiger partial charge in [-0.05, 0) is 29.8 Å². The Morgan fingerprint density at radius 1 is 1.29 bits per heavy atom. The molecule has 0 aliphatic carbocycles. The predicted octanol–water partition coefficient (Wildman–Crippen LogP) is 2.96. The Kier molecular flexibility index (Phi) is 4.68. The molecule has 1 aromatic carbocycles. The van der Waals surface area contributed by atoms with Gasteiger partial charge in [-0.15, -0.1) is 0 Å². The highest BCUT2D eigenvalue weighted by atomic mass is 35.5. The Bertz CT molecular complexity index is 664. The van der Waals surface area contributed by atoms with Crippen molar-refractivity contribution in [2.45, 2.75) is 6.54 Å². The first-order valence-corrected chi connectivity index (χ1v) is 6.32. The van der Waals surface area contributed by atoms with Gasteiger partial charge in [-0.25, -0.2) is 4.79 Å². The van der Waals surface area contributed by atoms with Crippen molar-refractivity contribution in [3.8, 4) is 0 Å². The normalized spacial score (nSPS) is 9.95. The Labute approximate surface area is 125 Å². The fraction of sp³-hybridized carbons (Fsp3) is 0.0769. The van der Waals surface area contributed by atoms with Gasteiger partial charge < -0.3 is 10.6 Å². The number of benzene rings is 1. The van der Waals surface area contributed by atoms with E-state index in [1.807, 2.05) is 0 Å². The van der Waals surface area contributed by atoms with Crippen molar-refractivity contribution in [1.82, 2.24) is 10.3 Å². The van der Waals surface area contributed by atoms with Crippen molar-refractivity contribution in [1.29, 1.82) is 0 Å². The number of amides is 2. The van der Waals surface area contributed by atoms with E-state index in [4.69, 9.17) is 11.6 Å². The standard InChI is InChI=1S/C13H11ClN4O3/c14-11-2-1-10(7-12(11)18(20)21)17-13(19)16-8-9-3-5-15-6-4-9/h1-7H,8H2,(H2,16,17,19). The molecular formula is C13H11ClN4O3. The summed E-state index contributed by atoms with van der Waals surface area (Å²) in [5.74, 6) is 0. The number of anilines is 1. The highest BCUT2D eigenvalue weighted by Crippen LogP contribution is 2.27. The van der Waals surface area contributed by atoms with E-state index in [2.05, 4.69) is 15.6 Å². The van der Waals surface area contributed by atoms with Gasteiger partial charge in [-0.3, -0.25) is 15.1 Å². The van der Waals surface area contributed by atoms with Crippen molar-refractivity contribution in [3.05, 3.63) is 63.4 Å². The van der Waals surface area contributed by atoms with Crippen LogP contribution in [0.5, 0.6) is 0 Å². The maximum absolute atomic E-state index is 11.7. The number of carbonyl (C=O) groups excluding carboxylic acids is 1. The maximum atomic E-state index is 11.7. The van der Waals surface area contributed by atoms with Gasteiger partial charge in [0.15, 0.2) is 0 Å². The molecule has 0 unspecified atom stereocenters. The number of hydrogen-bond donors (Lipinski definition) is 2. The minimum absolute atomic E-state index is 0.0164. The summed E-state index contributed by atoms with van der Waals surface area (Å²) in [6.45, 7) is 0.323. The SMILES string of the molecule is O=C(NCc1ccncc1)Nc1ccc(Cl)c([N+](=O)[O-])c1.